The standard InChI is InChI=1S/C25H20N8/c1-14-8-16(4-3-7-26)9-15(2)22(14)19-10-18(28)11-20-23(19)32-25(33-24(20)29)31-21-6-5-17(12-27)13-30-21/h3-6,8-11,13H,28H2,1-2H3,(H3,29,30,31,32,33). The van der Waals surface area contributed by atoms with Crippen LogP contribution in [0.2, 0.25) is 0 Å². The lowest BCUT2D eigenvalue weighted by molar-refractivity contribution is 1.19. The molecule has 0 saturated carbocycles. The second kappa shape index (κ2) is 8.66. The van der Waals surface area contributed by atoms with Crippen molar-refractivity contribution >= 4 is 40.3 Å². The molecule has 0 bridgehead atoms. The highest BCUT2D eigenvalue weighted by molar-refractivity contribution is 6.02. The third kappa shape index (κ3) is 4.27. The van der Waals surface area contributed by atoms with Crippen molar-refractivity contribution < 1.29 is 0 Å². The first kappa shape index (κ1) is 21.3. The molecule has 33 heavy (non-hydrogen) atoms. The molecule has 8 nitrogen and oxygen atoms in total. The molecule has 8 heteroatoms. The van der Waals surface area contributed by atoms with Crippen molar-refractivity contribution in [2.45, 2.75) is 13.8 Å². The fourth-order valence-corrected chi connectivity index (χ4v) is 3.82. The number of aryl methyl sites for hydroxylation is 2. The van der Waals surface area contributed by atoms with Crippen LogP contribution in [0.5, 0.6) is 0 Å². The normalized spacial score (nSPS) is 10.8. The van der Waals surface area contributed by atoms with Gasteiger partial charge in [-0.3, -0.25) is 0 Å². The fourth-order valence-electron chi connectivity index (χ4n) is 3.82. The Morgan fingerprint density at radius 1 is 1.00 bits per heavy atom. The molecule has 0 spiro atoms. The molecule has 0 radical (unpaired) electrons. The molecular weight excluding hydrogens is 412 g/mol. The molecule has 0 saturated heterocycles. The Kier molecular flexibility index (Phi) is 5.58. The Hall–Kier alpha value is -4.95. The maximum atomic E-state index is 8.96. The average molecular weight is 432 g/mol. The molecule has 2 aromatic heterocycles. The smallest absolute Gasteiger partial charge is 0.230 e. The summed E-state index contributed by atoms with van der Waals surface area (Å²) in [4.78, 5) is 13.3. The second-order valence-electron chi connectivity index (χ2n) is 7.56. The van der Waals surface area contributed by atoms with Gasteiger partial charge in [0.25, 0.3) is 0 Å². The predicted octanol–water partition coefficient (Wildman–Crippen LogP) is 4.63. The molecule has 5 N–H and O–H groups in total. The number of nitrogens with one attached hydrogen (secondary N) is 1. The summed E-state index contributed by atoms with van der Waals surface area (Å²) in [5.74, 6) is 1.06. The molecule has 160 valence electrons. The zero-order chi connectivity index (χ0) is 23.5. The Balaban J connectivity index is 1.88. The largest absolute Gasteiger partial charge is 0.399 e. The van der Waals surface area contributed by atoms with Gasteiger partial charge in [0.1, 0.15) is 17.7 Å². The molecule has 2 heterocycles. The Morgan fingerprint density at radius 2 is 1.76 bits per heavy atom. The van der Waals surface area contributed by atoms with E-state index in [1.807, 2.05) is 44.2 Å². The van der Waals surface area contributed by atoms with Crippen LogP contribution in [0.4, 0.5) is 23.3 Å². The minimum atomic E-state index is 0.284. The molecule has 0 fully saturated rings. The molecule has 0 unspecified atom stereocenters. The van der Waals surface area contributed by atoms with E-state index in [9.17, 15) is 0 Å². The number of rotatable bonds is 4. The molecule has 4 aromatic rings. The first-order chi connectivity index (χ1) is 15.9. The number of nitrogen functional groups attached to an aromatic ring is 2. The molecule has 2 aromatic carbocycles. The second-order valence-corrected chi connectivity index (χ2v) is 7.56. The lowest BCUT2D eigenvalue weighted by Gasteiger charge is -2.16. The van der Waals surface area contributed by atoms with Crippen molar-refractivity contribution in [3.8, 4) is 23.3 Å². The van der Waals surface area contributed by atoms with Gasteiger partial charge in [-0.1, -0.05) is 12.1 Å². The summed E-state index contributed by atoms with van der Waals surface area (Å²) in [6, 6.07) is 15.0. The number of aromatic nitrogens is 3. The van der Waals surface area contributed by atoms with Crippen molar-refractivity contribution in [2.24, 2.45) is 0 Å². The molecule has 0 aliphatic heterocycles. The van der Waals surface area contributed by atoms with Crippen LogP contribution >= 0.6 is 0 Å². The van der Waals surface area contributed by atoms with E-state index in [0.717, 1.165) is 27.8 Å². The van der Waals surface area contributed by atoms with Gasteiger partial charge in [-0.05, 0) is 66.4 Å². The van der Waals surface area contributed by atoms with Crippen molar-refractivity contribution in [3.05, 3.63) is 70.9 Å². The van der Waals surface area contributed by atoms with E-state index in [0.29, 0.717) is 28.0 Å². The lowest BCUT2D eigenvalue weighted by atomic mass is 9.91. The minimum Gasteiger partial charge on any atom is -0.399 e. The van der Waals surface area contributed by atoms with E-state index in [2.05, 4.69) is 15.3 Å². The summed E-state index contributed by atoms with van der Waals surface area (Å²) >= 11 is 0. The molecule has 0 aliphatic rings. The van der Waals surface area contributed by atoms with Crippen LogP contribution in [0.25, 0.3) is 28.1 Å². The predicted molar refractivity (Wildman–Crippen MR) is 130 cm³/mol. The first-order valence-corrected chi connectivity index (χ1v) is 10.1. The van der Waals surface area contributed by atoms with E-state index in [-0.39, 0.29) is 11.8 Å². The van der Waals surface area contributed by atoms with Crippen molar-refractivity contribution in [2.75, 3.05) is 16.8 Å². The number of anilines is 4. The highest BCUT2D eigenvalue weighted by Gasteiger charge is 2.16. The van der Waals surface area contributed by atoms with E-state index >= 15 is 0 Å². The number of nitriles is 2. The van der Waals surface area contributed by atoms with Gasteiger partial charge in [-0.2, -0.15) is 15.5 Å². The zero-order valence-electron chi connectivity index (χ0n) is 18.1. The maximum absolute atomic E-state index is 8.96. The molecule has 0 aliphatic carbocycles. The van der Waals surface area contributed by atoms with Gasteiger partial charge in [0.05, 0.1) is 17.1 Å². The van der Waals surface area contributed by atoms with Crippen LogP contribution in [0.15, 0.2) is 48.7 Å². The third-order valence-corrected chi connectivity index (χ3v) is 5.16. The van der Waals surface area contributed by atoms with Gasteiger partial charge in [0.2, 0.25) is 5.95 Å². The molecular formula is C25H20N8. The van der Waals surface area contributed by atoms with E-state index in [1.165, 1.54) is 12.3 Å². The van der Waals surface area contributed by atoms with Gasteiger partial charge in [-0.25, -0.2) is 9.97 Å². The van der Waals surface area contributed by atoms with Crippen LogP contribution in [-0.2, 0) is 0 Å². The van der Waals surface area contributed by atoms with Crippen molar-refractivity contribution in [1.82, 2.24) is 15.0 Å². The summed E-state index contributed by atoms with van der Waals surface area (Å²) in [7, 11) is 0. The number of nitrogens with zero attached hydrogens (tertiary/aromatic N) is 5. The summed E-state index contributed by atoms with van der Waals surface area (Å²) in [6.07, 6.45) is 4.69. The summed E-state index contributed by atoms with van der Waals surface area (Å²) in [5, 5.41) is 21.5. The SMILES string of the molecule is Cc1cc(C=CC#N)cc(C)c1-c1cc(N)cc2c(N)nc(Nc3ccc(C#N)cn3)nc12. The first-order valence-electron chi connectivity index (χ1n) is 10.1. The van der Waals surface area contributed by atoms with Crippen LogP contribution in [0.1, 0.15) is 22.3 Å². The summed E-state index contributed by atoms with van der Waals surface area (Å²) in [5.41, 5.74) is 18.9. The molecule has 0 atom stereocenters. The number of nitrogens with two attached hydrogens (primary N) is 2. The van der Waals surface area contributed by atoms with E-state index in [1.54, 1.807) is 24.3 Å². The number of hydrogen-bond donors (Lipinski definition) is 3. The van der Waals surface area contributed by atoms with Gasteiger partial charge in [0.15, 0.2) is 0 Å². The van der Waals surface area contributed by atoms with Crippen LogP contribution in [0.3, 0.4) is 0 Å². The molecule has 0 amide bonds. The number of hydrogen-bond acceptors (Lipinski definition) is 8. The summed E-state index contributed by atoms with van der Waals surface area (Å²) in [6.45, 7) is 4.01. The van der Waals surface area contributed by atoms with Crippen molar-refractivity contribution in [1.29, 1.82) is 10.5 Å². The monoisotopic (exact) mass is 432 g/mol. The third-order valence-electron chi connectivity index (χ3n) is 5.16. The highest BCUT2D eigenvalue weighted by atomic mass is 15.2. The van der Waals surface area contributed by atoms with Crippen LogP contribution < -0.4 is 16.8 Å². The van der Waals surface area contributed by atoms with Crippen LogP contribution in [-0.4, -0.2) is 15.0 Å². The Bertz CT molecular complexity index is 1470. The Labute approximate surface area is 190 Å². The van der Waals surface area contributed by atoms with Gasteiger partial charge >= 0.3 is 0 Å². The highest BCUT2D eigenvalue weighted by Crippen LogP contribution is 2.37. The fraction of sp³-hybridized carbons (Fsp3) is 0.0800. The lowest BCUT2D eigenvalue weighted by Crippen LogP contribution is -2.04. The van der Waals surface area contributed by atoms with E-state index in [4.69, 9.17) is 27.0 Å². The number of allylic oxidation sites excluding steroid dienone is 1. The topological polar surface area (TPSA) is 150 Å². The average Bonchev–Trinajstić information content (AvgIpc) is 2.78. The van der Waals surface area contributed by atoms with E-state index < -0.39 is 0 Å². The number of benzene rings is 2. The number of fused-ring (bicyclic) bond motifs is 1. The zero-order valence-corrected chi connectivity index (χ0v) is 18.1. The van der Waals surface area contributed by atoms with Crippen LogP contribution in [0, 0.1) is 36.5 Å². The van der Waals surface area contributed by atoms with Gasteiger partial charge in [0, 0.05) is 28.9 Å². The quantitative estimate of drug-likeness (QED) is 0.312. The number of pyridine rings is 1. The Morgan fingerprint density at radius 3 is 2.39 bits per heavy atom. The van der Waals surface area contributed by atoms with Crippen molar-refractivity contribution in [3.63, 3.8) is 0 Å². The minimum absolute atomic E-state index is 0.284. The maximum Gasteiger partial charge on any atom is 0.230 e. The summed E-state index contributed by atoms with van der Waals surface area (Å²) < 4.78 is 0. The van der Waals surface area contributed by atoms with Gasteiger partial charge in [-0.15, -0.1) is 0 Å². The molecule has 4 rings (SSSR count). The van der Waals surface area contributed by atoms with Gasteiger partial charge < -0.3 is 16.8 Å².